The number of nitrogens with two attached hydrogens (primary N) is 1. The van der Waals surface area contributed by atoms with E-state index < -0.39 is 29.1 Å². The molecule has 0 amide bonds. The summed E-state index contributed by atoms with van der Waals surface area (Å²) in [6.07, 6.45) is 0. The maximum Gasteiger partial charge on any atom is 0.321 e. The molecule has 7 nitrogen and oxygen atoms in total. The number of methoxy groups -OCH3 is 1. The van der Waals surface area contributed by atoms with E-state index in [2.05, 4.69) is 20.9 Å². The van der Waals surface area contributed by atoms with Crippen molar-refractivity contribution in [2.45, 2.75) is 24.7 Å². The van der Waals surface area contributed by atoms with Crippen LogP contribution < -0.4 is 21.7 Å². The van der Waals surface area contributed by atoms with Crippen LogP contribution in [0.25, 0.3) is 0 Å². The average molecular weight is 410 g/mol. The SMILES string of the molecule is COC(=O)[C@]12C(c3ccccc3)N=C(N)N[C@]1(C)NC(=S)N[C@@H]2c1ccccc1. The average Bonchev–Trinajstić information content (AvgIpc) is 2.72. The van der Waals surface area contributed by atoms with E-state index in [1.54, 1.807) is 0 Å². The molecule has 8 heteroatoms. The predicted molar refractivity (Wildman–Crippen MR) is 115 cm³/mol. The molecule has 5 N–H and O–H groups in total. The van der Waals surface area contributed by atoms with Crippen LogP contribution in [0, 0.1) is 5.41 Å². The number of thiocarbonyl (C=S) groups is 1. The standard InChI is InChI=1S/C21H23N5O2S/c1-20-21(17(27)28-2,15(23-18(22)25-20)13-9-5-3-6-10-13)16(24-19(29)26-20)14-11-7-4-8-12-14/h3-12,15-16H,1-2H3,(H3,22,23,25)(H2,24,26,29)/t15?,16-,20-,21-/m1/s1. The molecule has 2 aromatic carbocycles. The molecule has 0 bridgehead atoms. The van der Waals surface area contributed by atoms with Gasteiger partial charge in [0, 0.05) is 0 Å². The van der Waals surface area contributed by atoms with Crippen LogP contribution in [0.15, 0.2) is 65.7 Å². The molecule has 0 aromatic heterocycles. The summed E-state index contributed by atoms with van der Waals surface area (Å²) in [5.74, 6) is -0.196. The Kier molecular flexibility index (Phi) is 4.66. The number of hydrogen-bond acceptors (Lipinski definition) is 6. The van der Waals surface area contributed by atoms with Crippen LogP contribution in [0.1, 0.15) is 30.1 Å². The Morgan fingerprint density at radius 2 is 1.66 bits per heavy atom. The molecule has 1 saturated heterocycles. The first-order valence-corrected chi connectivity index (χ1v) is 9.71. The highest BCUT2D eigenvalue weighted by Gasteiger charge is 2.69. The molecular formula is C21H23N5O2S. The second-order valence-corrected chi connectivity index (χ2v) is 7.79. The third kappa shape index (κ3) is 2.82. The van der Waals surface area contributed by atoms with Crippen molar-refractivity contribution in [1.82, 2.24) is 16.0 Å². The number of benzene rings is 2. The summed E-state index contributed by atoms with van der Waals surface area (Å²) in [5.41, 5.74) is 5.64. The van der Waals surface area contributed by atoms with Crippen LogP contribution >= 0.6 is 12.2 Å². The monoisotopic (exact) mass is 409 g/mol. The maximum absolute atomic E-state index is 13.6. The van der Waals surface area contributed by atoms with Gasteiger partial charge in [0.2, 0.25) is 0 Å². The molecule has 0 aliphatic carbocycles. The Morgan fingerprint density at radius 1 is 1.07 bits per heavy atom. The quantitative estimate of drug-likeness (QED) is 0.453. The number of aliphatic imine (C=N–C) groups is 1. The fourth-order valence-corrected chi connectivity index (χ4v) is 4.88. The number of nitrogens with one attached hydrogen (secondary N) is 3. The van der Waals surface area contributed by atoms with Crippen LogP contribution in [-0.4, -0.2) is 29.8 Å². The van der Waals surface area contributed by atoms with Crippen molar-refractivity contribution >= 4 is 29.3 Å². The summed E-state index contributed by atoms with van der Waals surface area (Å²) in [6.45, 7) is 1.87. The zero-order valence-corrected chi connectivity index (χ0v) is 17.0. The number of hydrogen-bond donors (Lipinski definition) is 4. The van der Waals surface area contributed by atoms with Crippen LogP contribution in [-0.2, 0) is 9.53 Å². The first-order valence-electron chi connectivity index (χ1n) is 9.31. The van der Waals surface area contributed by atoms with Crippen LogP contribution in [0.3, 0.4) is 0 Å². The molecular weight excluding hydrogens is 386 g/mol. The highest BCUT2D eigenvalue weighted by atomic mass is 32.1. The van der Waals surface area contributed by atoms with Gasteiger partial charge < -0.3 is 26.4 Å². The second-order valence-electron chi connectivity index (χ2n) is 7.38. The van der Waals surface area contributed by atoms with Gasteiger partial charge >= 0.3 is 5.97 Å². The van der Waals surface area contributed by atoms with Crippen LogP contribution in [0.2, 0.25) is 0 Å². The second kappa shape index (κ2) is 7.04. The zero-order chi connectivity index (χ0) is 20.6. The number of rotatable bonds is 3. The summed E-state index contributed by atoms with van der Waals surface area (Å²) in [5, 5.41) is 10.1. The van der Waals surface area contributed by atoms with Gasteiger partial charge in [-0.3, -0.25) is 4.79 Å². The molecule has 0 saturated carbocycles. The minimum absolute atomic E-state index is 0.227. The Morgan fingerprint density at radius 3 is 2.24 bits per heavy atom. The molecule has 29 heavy (non-hydrogen) atoms. The number of esters is 1. The lowest BCUT2D eigenvalue weighted by atomic mass is 9.60. The summed E-state index contributed by atoms with van der Waals surface area (Å²) in [4.78, 5) is 18.3. The van der Waals surface area contributed by atoms with Gasteiger partial charge in [0.15, 0.2) is 16.5 Å². The molecule has 0 spiro atoms. The molecule has 150 valence electrons. The van der Waals surface area contributed by atoms with E-state index in [-0.39, 0.29) is 5.96 Å². The van der Waals surface area contributed by atoms with Gasteiger partial charge in [-0.05, 0) is 30.3 Å². The summed E-state index contributed by atoms with van der Waals surface area (Å²) in [6, 6.07) is 18.2. The van der Waals surface area contributed by atoms with Gasteiger partial charge in [-0.1, -0.05) is 60.7 Å². The lowest BCUT2D eigenvalue weighted by Gasteiger charge is -2.59. The number of ether oxygens (including phenoxy) is 1. The lowest BCUT2D eigenvalue weighted by molar-refractivity contribution is -0.166. The van der Waals surface area contributed by atoms with Gasteiger partial charge in [-0.15, -0.1) is 0 Å². The predicted octanol–water partition coefficient (Wildman–Crippen LogP) is 1.74. The van der Waals surface area contributed by atoms with Crippen molar-refractivity contribution in [3.8, 4) is 0 Å². The highest BCUT2D eigenvalue weighted by molar-refractivity contribution is 7.80. The first kappa shape index (κ1) is 19.2. The summed E-state index contributed by atoms with van der Waals surface area (Å²) < 4.78 is 5.38. The van der Waals surface area contributed by atoms with Crippen molar-refractivity contribution in [2.75, 3.05) is 7.11 Å². The third-order valence-corrected chi connectivity index (χ3v) is 5.99. The highest BCUT2D eigenvalue weighted by Crippen LogP contribution is 2.56. The Bertz CT molecular complexity index is 968. The van der Waals surface area contributed by atoms with Crippen molar-refractivity contribution in [3.05, 3.63) is 71.8 Å². The molecule has 2 aliphatic heterocycles. The van der Waals surface area contributed by atoms with Crippen molar-refractivity contribution in [1.29, 1.82) is 0 Å². The fourth-order valence-electron chi connectivity index (χ4n) is 4.56. The van der Waals surface area contributed by atoms with Gasteiger partial charge in [-0.25, -0.2) is 4.99 Å². The largest absolute Gasteiger partial charge is 0.468 e. The zero-order valence-electron chi connectivity index (χ0n) is 16.2. The van der Waals surface area contributed by atoms with E-state index in [1.165, 1.54) is 7.11 Å². The molecule has 2 aromatic rings. The molecule has 4 atom stereocenters. The van der Waals surface area contributed by atoms with E-state index >= 15 is 0 Å². The lowest BCUT2D eigenvalue weighted by Crippen LogP contribution is -2.81. The molecule has 2 heterocycles. The number of carbonyl (C=O) groups is 1. The Balaban J connectivity index is 2.04. The molecule has 2 aliphatic rings. The molecule has 1 unspecified atom stereocenters. The number of carbonyl (C=O) groups excluding carboxylic acids is 1. The van der Waals surface area contributed by atoms with E-state index in [4.69, 9.17) is 22.7 Å². The van der Waals surface area contributed by atoms with E-state index in [0.717, 1.165) is 11.1 Å². The van der Waals surface area contributed by atoms with Crippen LogP contribution in [0.5, 0.6) is 0 Å². The maximum atomic E-state index is 13.6. The molecule has 1 fully saturated rings. The smallest absolute Gasteiger partial charge is 0.321 e. The van der Waals surface area contributed by atoms with Crippen molar-refractivity contribution in [2.24, 2.45) is 16.1 Å². The summed E-state index contributed by atoms with van der Waals surface area (Å²) >= 11 is 5.49. The normalized spacial score (nSPS) is 30.7. The van der Waals surface area contributed by atoms with Crippen LogP contribution in [0.4, 0.5) is 0 Å². The summed E-state index contributed by atoms with van der Waals surface area (Å²) in [7, 11) is 1.39. The number of nitrogens with zero attached hydrogens (tertiary/aromatic N) is 1. The molecule has 0 radical (unpaired) electrons. The first-order chi connectivity index (χ1) is 13.9. The van der Waals surface area contributed by atoms with Gasteiger partial charge in [0.05, 0.1) is 13.2 Å². The van der Waals surface area contributed by atoms with Crippen molar-refractivity contribution < 1.29 is 9.53 Å². The molecule has 4 rings (SSSR count). The van der Waals surface area contributed by atoms with E-state index in [9.17, 15) is 4.79 Å². The fraction of sp³-hybridized carbons (Fsp3) is 0.286. The number of fused-ring (bicyclic) bond motifs is 1. The minimum Gasteiger partial charge on any atom is -0.468 e. The van der Waals surface area contributed by atoms with Crippen molar-refractivity contribution in [3.63, 3.8) is 0 Å². The minimum atomic E-state index is -1.23. The Hall–Kier alpha value is -3.13. The number of guanidine groups is 1. The Labute approximate surface area is 174 Å². The van der Waals surface area contributed by atoms with Gasteiger partial charge in [0.1, 0.15) is 11.7 Å². The third-order valence-electron chi connectivity index (χ3n) is 5.77. The topological polar surface area (TPSA) is 101 Å². The van der Waals surface area contributed by atoms with E-state index in [1.807, 2.05) is 67.6 Å². The van der Waals surface area contributed by atoms with E-state index in [0.29, 0.717) is 5.11 Å². The van der Waals surface area contributed by atoms with Gasteiger partial charge in [0.25, 0.3) is 0 Å². The van der Waals surface area contributed by atoms with Gasteiger partial charge in [-0.2, -0.15) is 0 Å².